The Morgan fingerprint density at radius 1 is 1.73 bits per heavy atom. The summed E-state index contributed by atoms with van der Waals surface area (Å²) in [5.74, 6) is 0.813. The predicted octanol–water partition coefficient (Wildman–Crippen LogP) is 1.91. The van der Waals surface area contributed by atoms with Crippen molar-refractivity contribution in [3.05, 3.63) is 22.4 Å². The van der Waals surface area contributed by atoms with Crippen molar-refractivity contribution in [3.63, 3.8) is 0 Å². The molecule has 2 nitrogen and oxygen atoms in total. The molecule has 0 fully saturated rings. The van der Waals surface area contributed by atoms with Crippen LogP contribution in [0.1, 0.15) is 11.8 Å². The predicted molar refractivity (Wildman–Crippen MR) is 46.3 cm³/mol. The van der Waals surface area contributed by atoms with Crippen LogP contribution < -0.4 is 0 Å². The standard InChI is InChI=1S/C8H9NOS/c1-6-5-10-8(9-6)7-3-2-4-11-7/h2-4,6H,5H2,1H3/t6-/m0/s1. The molecule has 0 N–H and O–H groups in total. The number of thiophene rings is 1. The van der Waals surface area contributed by atoms with Crippen LogP contribution in [0.2, 0.25) is 0 Å². The summed E-state index contributed by atoms with van der Waals surface area (Å²) in [6.45, 7) is 2.79. The van der Waals surface area contributed by atoms with Gasteiger partial charge in [-0.3, -0.25) is 0 Å². The molecule has 0 aromatic carbocycles. The monoisotopic (exact) mass is 167 g/mol. The summed E-state index contributed by atoms with van der Waals surface area (Å²) in [5, 5.41) is 2.03. The Labute approximate surface area is 69.5 Å². The van der Waals surface area contributed by atoms with E-state index in [1.54, 1.807) is 11.3 Å². The average molecular weight is 167 g/mol. The summed E-state index contributed by atoms with van der Waals surface area (Å²) < 4.78 is 5.37. The van der Waals surface area contributed by atoms with Crippen molar-refractivity contribution in [1.82, 2.24) is 0 Å². The molecule has 0 saturated carbocycles. The van der Waals surface area contributed by atoms with Crippen molar-refractivity contribution < 1.29 is 4.74 Å². The maximum absolute atomic E-state index is 5.37. The fourth-order valence-corrected chi connectivity index (χ4v) is 1.68. The van der Waals surface area contributed by atoms with Gasteiger partial charge in [0.2, 0.25) is 5.90 Å². The third-order valence-electron chi connectivity index (χ3n) is 1.53. The first-order chi connectivity index (χ1) is 5.36. The summed E-state index contributed by atoms with van der Waals surface area (Å²) in [4.78, 5) is 5.47. The highest BCUT2D eigenvalue weighted by Crippen LogP contribution is 2.15. The molecule has 1 aliphatic heterocycles. The molecule has 1 aliphatic rings. The van der Waals surface area contributed by atoms with Crippen molar-refractivity contribution in [2.24, 2.45) is 4.99 Å². The summed E-state index contributed by atoms with van der Waals surface area (Å²) in [5.41, 5.74) is 0. The highest BCUT2D eigenvalue weighted by atomic mass is 32.1. The van der Waals surface area contributed by atoms with Crippen LogP contribution in [0.5, 0.6) is 0 Å². The fourth-order valence-electron chi connectivity index (χ4n) is 1.01. The Bertz CT molecular complexity index is 266. The lowest BCUT2D eigenvalue weighted by Gasteiger charge is -1.94. The molecular formula is C8H9NOS. The quantitative estimate of drug-likeness (QED) is 0.626. The van der Waals surface area contributed by atoms with Gasteiger partial charge in [-0.1, -0.05) is 6.07 Å². The second-order valence-corrected chi connectivity index (χ2v) is 3.52. The zero-order valence-corrected chi connectivity index (χ0v) is 7.10. The maximum Gasteiger partial charge on any atom is 0.226 e. The molecule has 0 aliphatic carbocycles. The van der Waals surface area contributed by atoms with Crippen LogP contribution in [-0.2, 0) is 4.74 Å². The lowest BCUT2D eigenvalue weighted by molar-refractivity contribution is 0.324. The van der Waals surface area contributed by atoms with E-state index in [1.165, 1.54) is 0 Å². The van der Waals surface area contributed by atoms with E-state index in [4.69, 9.17) is 4.74 Å². The molecule has 0 amide bonds. The number of aliphatic imine (C=N–C) groups is 1. The van der Waals surface area contributed by atoms with E-state index in [0.717, 1.165) is 17.4 Å². The van der Waals surface area contributed by atoms with Crippen molar-refractivity contribution in [1.29, 1.82) is 0 Å². The first-order valence-electron chi connectivity index (χ1n) is 3.61. The van der Waals surface area contributed by atoms with E-state index in [2.05, 4.69) is 11.9 Å². The number of ether oxygens (including phenoxy) is 1. The lowest BCUT2D eigenvalue weighted by Crippen LogP contribution is -1.99. The molecule has 0 bridgehead atoms. The topological polar surface area (TPSA) is 21.6 Å². The first-order valence-corrected chi connectivity index (χ1v) is 4.49. The molecule has 0 spiro atoms. The van der Waals surface area contributed by atoms with Crippen molar-refractivity contribution in [2.45, 2.75) is 13.0 Å². The molecule has 2 rings (SSSR count). The van der Waals surface area contributed by atoms with Crippen LogP contribution in [0.15, 0.2) is 22.5 Å². The second-order valence-electron chi connectivity index (χ2n) is 2.57. The molecular weight excluding hydrogens is 158 g/mol. The molecule has 3 heteroatoms. The third-order valence-corrected chi connectivity index (χ3v) is 2.39. The molecule has 58 valence electrons. The average Bonchev–Trinajstić information content (AvgIpc) is 2.55. The van der Waals surface area contributed by atoms with E-state index in [0.29, 0.717) is 6.04 Å². The Morgan fingerprint density at radius 2 is 2.64 bits per heavy atom. The van der Waals surface area contributed by atoms with Crippen LogP contribution in [0.25, 0.3) is 0 Å². The molecule has 0 unspecified atom stereocenters. The van der Waals surface area contributed by atoms with Crippen LogP contribution >= 0.6 is 11.3 Å². The summed E-state index contributed by atoms with van der Waals surface area (Å²) >= 11 is 1.67. The van der Waals surface area contributed by atoms with Crippen LogP contribution in [0, 0.1) is 0 Å². The Hall–Kier alpha value is -0.830. The van der Waals surface area contributed by atoms with Gasteiger partial charge in [0.15, 0.2) is 0 Å². The number of rotatable bonds is 1. The van der Waals surface area contributed by atoms with Crippen LogP contribution in [0.3, 0.4) is 0 Å². The lowest BCUT2D eigenvalue weighted by atomic mass is 10.4. The van der Waals surface area contributed by atoms with Gasteiger partial charge in [0.1, 0.15) is 6.61 Å². The fraction of sp³-hybridized carbons (Fsp3) is 0.375. The largest absolute Gasteiger partial charge is 0.475 e. The van der Waals surface area contributed by atoms with Gasteiger partial charge in [-0.25, -0.2) is 4.99 Å². The molecule has 2 heterocycles. The molecule has 1 atom stereocenters. The maximum atomic E-state index is 5.37. The van der Waals surface area contributed by atoms with E-state index in [1.807, 2.05) is 17.5 Å². The summed E-state index contributed by atoms with van der Waals surface area (Å²) in [7, 11) is 0. The van der Waals surface area contributed by atoms with Crippen molar-refractivity contribution in [2.75, 3.05) is 6.61 Å². The van der Waals surface area contributed by atoms with Crippen LogP contribution in [0.4, 0.5) is 0 Å². The minimum Gasteiger partial charge on any atom is -0.475 e. The summed E-state index contributed by atoms with van der Waals surface area (Å²) in [6, 6.07) is 4.36. The first kappa shape index (κ1) is 6.85. The molecule has 1 aromatic heterocycles. The van der Waals surface area contributed by atoms with Gasteiger partial charge in [0, 0.05) is 0 Å². The zero-order chi connectivity index (χ0) is 7.68. The van der Waals surface area contributed by atoms with Gasteiger partial charge in [-0.15, -0.1) is 11.3 Å². The van der Waals surface area contributed by atoms with Crippen molar-refractivity contribution in [3.8, 4) is 0 Å². The smallest absolute Gasteiger partial charge is 0.226 e. The highest BCUT2D eigenvalue weighted by Gasteiger charge is 2.15. The summed E-state index contributed by atoms with van der Waals surface area (Å²) in [6.07, 6.45) is 0. The van der Waals surface area contributed by atoms with Crippen LogP contribution in [-0.4, -0.2) is 18.5 Å². The Morgan fingerprint density at radius 3 is 3.18 bits per heavy atom. The number of hydrogen-bond acceptors (Lipinski definition) is 3. The zero-order valence-electron chi connectivity index (χ0n) is 6.28. The molecule has 0 saturated heterocycles. The van der Waals surface area contributed by atoms with E-state index in [9.17, 15) is 0 Å². The van der Waals surface area contributed by atoms with Gasteiger partial charge in [0.05, 0.1) is 10.9 Å². The molecule has 11 heavy (non-hydrogen) atoms. The minimum absolute atomic E-state index is 0.326. The molecule has 0 radical (unpaired) electrons. The normalized spacial score (nSPS) is 23.0. The Kier molecular flexibility index (Phi) is 1.66. The van der Waals surface area contributed by atoms with E-state index in [-0.39, 0.29) is 0 Å². The van der Waals surface area contributed by atoms with E-state index < -0.39 is 0 Å². The number of nitrogens with zero attached hydrogens (tertiary/aromatic N) is 1. The Balaban J connectivity index is 2.25. The van der Waals surface area contributed by atoms with Gasteiger partial charge in [-0.05, 0) is 18.4 Å². The molecule has 1 aromatic rings. The van der Waals surface area contributed by atoms with Gasteiger partial charge in [-0.2, -0.15) is 0 Å². The SMILES string of the molecule is C[C@H]1COC(c2cccs2)=N1. The van der Waals surface area contributed by atoms with Gasteiger partial charge >= 0.3 is 0 Å². The minimum atomic E-state index is 0.326. The van der Waals surface area contributed by atoms with E-state index >= 15 is 0 Å². The number of hydrogen-bond donors (Lipinski definition) is 0. The third kappa shape index (κ3) is 1.28. The highest BCUT2D eigenvalue weighted by molar-refractivity contribution is 7.12. The second kappa shape index (κ2) is 2.66. The van der Waals surface area contributed by atoms with Gasteiger partial charge < -0.3 is 4.74 Å². The van der Waals surface area contributed by atoms with Crippen molar-refractivity contribution >= 4 is 17.2 Å². The van der Waals surface area contributed by atoms with Gasteiger partial charge in [0.25, 0.3) is 0 Å².